The number of ether oxygens (including phenoxy) is 4. The lowest BCUT2D eigenvalue weighted by Gasteiger charge is -2.21. The van der Waals surface area contributed by atoms with Gasteiger partial charge in [0.15, 0.2) is 12.2 Å². The number of carbonyl (C=O) groups is 4. The molecule has 0 saturated carbocycles. The maximum atomic E-state index is 13.1. The van der Waals surface area contributed by atoms with Crippen molar-refractivity contribution in [3.63, 3.8) is 0 Å². The Bertz CT molecular complexity index is 1970. The number of carbonyl (C=O) groups excluding carboxylic acids is 4. The lowest BCUT2D eigenvalue weighted by molar-refractivity contribution is -0.161. The fourth-order valence-corrected chi connectivity index (χ4v) is 13.0. The fraction of sp³-hybridized carbons (Fsp3) is 0.897. The van der Waals surface area contributed by atoms with Crippen LogP contribution < -0.4 is 0 Å². The number of aliphatic hydroxyl groups excluding tert-OH is 1. The van der Waals surface area contributed by atoms with E-state index in [-0.39, 0.29) is 25.7 Å². The second-order valence-electron chi connectivity index (χ2n) is 28.4. The highest BCUT2D eigenvalue weighted by atomic mass is 31.2. The Morgan fingerprint density at radius 2 is 0.557 bits per heavy atom. The molecule has 2 unspecified atom stereocenters. The van der Waals surface area contributed by atoms with Gasteiger partial charge in [-0.15, -0.1) is 0 Å². The van der Waals surface area contributed by atoms with E-state index in [9.17, 15) is 43.2 Å². The first kappa shape index (κ1) is 94.5. The van der Waals surface area contributed by atoms with E-state index in [0.29, 0.717) is 31.6 Å². The van der Waals surface area contributed by atoms with Gasteiger partial charge in [-0.2, -0.15) is 0 Å². The van der Waals surface area contributed by atoms with Gasteiger partial charge in [-0.3, -0.25) is 37.3 Å². The Balaban J connectivity index is 5.27. The molecule has 0 spiro atoms. The van der Waals surface area contributed by atoms with Crippen molar-refractivity contribution < 1.29 is 80.2 Å². The van der Waals surface area contributed by atoms with Gasteiger partial charge in [-0.25, -0.2) is 9.13 Å². The van der Waals surface area contributed by atoms with E-state index in [4.69, 9.17) is 37.0 Å². The molecule has 572 valence electrons. The van der Waals surface area contributed by atoms with E-state index in [2.05, 4.69) is 65.8 Å². The molecule has 0 aliphatic rings. The minimum Gasteiger partial charge on any atom is -0.462 e. The van der Waals surface area contributed by atoms with E-state index >= 15 is 0 Å². The van der Waals surface area contributed by atoms with Crippen LogP contribution in [0, 0.1) is 11.8 Å². The van der Waals surface area contributed by atoms with Gasteiger partial charge in [-0.05, 0) is 63.2 Å². The summed E-state index contributed by atoms with van der Waals surface area (Å²) in [5, 5.41) is 10.6. The standard InChI is InChI=1S/C78H148O17P2/c1-7-9-11-13-15-17-19-21-23-24-25-26-28-30-32-37-43-50-56-62-77(82)94-73(66-88-75(80)60-54-48-42-36-31-29-27-22-20-18-16-14-12-10-8-2)68-92-96(84,85)90-64-72(79)65-91-97(86,87)93-69-74(67-89-76(81)61-55-49-45-39-41-47-53-59-71(5)6)95-78(83)63-57-51-44-38-34-33-35-40-46-52-58-70(3)4/h18,20,22,27,70-74,79H,7-17,19,21,23-26,28-69H2,1-6H3,(H,84,85)(H,86,87)/b20-18-,27-22-/t72-,73-,74-/m1/s1. The van der Waals surface area contributed by atoms with Crippen molar-refractivity contribution in [2.24, 2.45) is 11.8 Å². The highest BCUT2D eigenvalue weighted by molar-refractivity contribution is 7.47. The van der Waals surface area contributed by atoms with Crippen LogP contribution in [0.25, 0.3) is 0 Å². The third-order valence-corrected chi connectivity index (χ3v) is 19.5. The van der Waals surface area contributed by atoms with Crippen LogP contribution in [0.2, 0.25) is 0 Å². The van der Waals surface area contributed by atoms with Crippen molar-refractivity contribution in [3.05, 3.63) is 24.3 Å². The summed E-state index contributed by atoms with van der Waals surface area (Å²) < 4.78 is 68.5. The topological polar surface area (TPSA) is 237 Å². The molecule has 97 heavy (non-hydrogen) atoms. The van der Waals surface area contributed by atoms with Crippen molar-refractivity contribution in [2.45, 2.75) is 400 Å². The third-order valence-electron chi connectivity index (χ3n) is 17.6. The fourth-order valence-electron chi connectivity index (χ4n) is 11.5. The van der Waals surface area contributed by atoms with Crippen LogP contribution in [-0.2, 0) is 65.4 Å². The van der Waals surface area contributed by atoms with E-state index in [0.717, 1.165) is 121 Å². The molecule has 0 rings (SSSR count). The van der Waals surface area contributed by atoms with Crippen LogP contribution >= 0.6 is 15.6 Å². The third kappa shape index (κ3) is 71.7. The van der Waals surface area contributed by atoms with Crippen LogP contribution in [-0.4, -0.2) is 96.7 Å². The van der Waals surface area contributed by atoms with Gasteiger partial charge in [0.1, 0.15) is 19.3 Å². The van der Waals surface area contributed by atoms with Crippen molar-refractivity contribution in [1.29, 1.82) is 0 Å². The molecule has 0 aliphatic carbocycles. The Morgan fingerprint density at radius 3 is 0.845 bits per heavy atom. The molecule has 0 aliphatic heterocycles. The maximum Gasteiger partial charge on any atom is 0.472 e. The van der Waals surface area contributed by atoms with Gasteiger partial charge in [0, 0.05) is 25.7 Å². The van der Waals surface area contributed by atoms with Gasteiger partial charge in [0.05, 0.1) is 26.4 Å². The number of aliphatic hydroxyl groups is 1. The molecule has 0 aromatic rings. The molecule has 19 heteroatoms. The second-order valence-corrected chi connectivity index (χ2v) is 31.3. The van der Waals surface area contributed by atoms with Gasteiger partial charge < -0.3 is 33.8 Å². The van der Waals surface area contributed by atoms with Crippen molar-refractivity contribution in [3.8, 4) is 0 Å². The Morgan fingerprint density at radius 1 is 0.320 bits per heavy atom. The molecule has 17 nitrogen and oxygen atoms in total. The average Bonchev–Trinajstić information content (AvgIpc) is 1.46. The number of hydrogen-bond acceptors (Lipinski definition) is 15. The van der Waals surface area contributed by atoms with Crippen molar-refractivity contribution in [1.82, 2.24) is 0 Å². The molecule has 0 amide bonds. The van der Waals surface area contributed by atoms with E-state index < -0.39 is 97.5 Å². The Kier molecular flexibility index (Phi) is 67.5. The molecular formula is C78H148O17P2. The number of allylic oxidation sites excluding steroid dienone is 4. The van der Waals surface area contributed by atoms with Crippen LogP contribution in [0.4, 0.5) is 0 Å². The zero-order valence-corrected chi connectivity index (χ0v) is 64.7. The summed E-state index contributed by atoms with van der Waals surface area (Å²) in [4.78, 5) is 72.8. The zero-order valence-electron chi connectivity index (χ0n) is 62.9. The molecule has 0 radical (unpaired) electrons. The van der Waals surface area contributed by atoms with Crippen LogP contribution in [0.1, 0.15) is 382 Å². The zero-order chi connectivity index (χ0) is 71.4. The molecule has 0 bridgehead atoms. The predicted molar refractivity (Wildman–Crippen MR) is 395 cm³/mol. The van der Waals surface area contributed by atoms with Crippen molar-refractivity contribution in [2.75, 3.05) is 39.6 Å². The van der Waals surface area contributed by atoms with E-state index in [1.165, 1.54) is 173 Å². The Hall–Kier alpha value is -2.46. The molecule has 0 heterocycles. The van der Waals surface area contributed by atoms with E-state index in [1.54, 1.807) is 0 Å². The smallest absolute Gasteiger partial charge is 0.462 e. The van der Waals surface area contributed by atoms with Gasteiger partial charge in [0.25, 0.3) is 0 Å². The minimum atomic E-state index is -4.97. The Labute approximate surface area is 592 Å². The lowest BCUT2D eigenvalue weighted by atomic mass is 10.0. The summed E-state index contributed by atoms with van der Waals surface area (Å²) >= 11 is 0. The lowest BCUT2D eigenvalue weighted by Crippen LogP contribution is -2.30. The molecule has 0 saturated heterocycles. The number of esters is 4. The number of phosphoric acid groups is 2. The first-order valence-corrected chi connectivity index (χ1v) is 42.8. The van der Waals surface area contributed by atoms with Crippen LogP contribution in [0.15, 0.2) is 24.3 Å². The number of unbranched alkanes of at least 4 members (excludes halogenated alkanes) is 42. The number of phosphoric ester groups is 2. The summed E-state index contributed by atoms with van der Waals surface area (Å²) in [6.07, 6.45) is 60.6. The summed E-state index contributed by atoms with van der Waals surface area (Å²) in [7, 11) is -9.93. The van der Waals surface area contributed by atoms with Gasteiger partial charge in [-0.1, -0.05) is 329 Å². The largest absolute Gasteiger partial charge is 0.472 e. The van der Waals surface area contributed by atoms with Crippen LogP contribution in [0.3, 0.4) is 0 Å². The monoisotopic (exact) mass is 1420 g/mol. The first-order chi connectivity index (χ1) is 46.9. The van der Waals surface area contributed by atoms with Gasteiger partial charge >= 0.3 is 39.5 Å². The first-order valence-electron chi connectivity index (χ1n) is 39.8. The molecule has 0 aromatic carbocycles. The van der Waals surface area contributed by atoms with Crippen molar-refractivity contribution >= 4 is 39.5 Å². The highest BCUT2D eigenvalue weighted by Gasteiger charge is 2.30. The summed E-state index contributed by atoms with van der Waals surface area (Å²) in [5.41, 5.74) is 0. The average molecular weight is 1420 g/mol. The summed E-state index contributed by atoms with van der Waals surface area (Å²) in [6, 6.07) is 0. The second kappa shape index (κ2) is 69.3. The van der Waals surface area contributed by atoms with E-state index in [1.807, 2.05) is 0 Å². The summed E-state index contributed by atoms with van der Waals surface area (Å²) in [6.45, 7) is 9.47. The minimum absolute atomic E-state index is 0.102. The summed E-state index contributed by atoms with van der Waals surface area (Å²) in [5.74, 6) is -0.691. The van der Waals surface area contributed by atoms with Gasteiger partial charge in [0.2, 0.25) is 0 Å². The number of hydrogen-bond donors (Lipinski definition) is 3. The molecule has 5 atom stereocenters. The molecule has 0 fully saturated rings. The molecule has 0 aromatic heterocycles. The highest BCUT2D eigenvalue weighted by Crippen LogP contribution is 2.45. The van der Waals surface area contributed by atoms with Crippen LogP contribution in [0.5, 0.6) is 0 Å². The SMILES string of the molecule is CCCCCC/C=C\C=C/CCCCCCCC(=O)OC[C@H](COP(=O)(O)OC[C@@H](O)COP(=O)(O)OC[C@@H](COC(=O)CCCCCCCCCC(C)C)OC(=O)CCCCCCCCCCCCC(C)C)OC(=O)CCCCCCCCCCCCCCCCCCCCC. The number of rotatable bonds is 75. The normalized spacial score (nSPS) is 14.1. The maximum absolute atomic E-state index is 13.1. The molecular weight excluding hydrogens is 1270 g/mol. The predicted octanol–water partition coefficient (Wildman–Crippen LogP) is 22.7. The molecule has 3 N–H and O–H groups in total. The quantitative estimate of drug-likeness (QED) is 0.0169.